The van der Waals surface area contributed by atoms with Gasteiger partial charge in [-0.15, -0.1) is 0 Å². The summed E-state index contributed by atoms with van der Waals surface area (Å²) in [7, 11) is 0. The van der Waals surface area contributed by atoms with Crippen LogP contribution in [-0.2, 0) is 9.59 Å². The molecule has 0 spiro atoms. The zero-order chi connectivity index (χ0) is 17.5. The lowest BCUT2D eigenvalue weighted by Crippen LogP contribution is -2.36. The molecule has 0 aliphatic heterocycles. The number of carbonyl (C=O) groups is 2. The SMILES string of the molecule is O=C(/C=C/c1ccco1)N[C@H](C(=O)Nc1ccn[nH]1)c1ccccc1. The Morgan fingerprint density at radius 1 is 1.12 bits per heavy atom. The van der Waals surface area contributed by atoms with E-state index < -0.39 is 11.9 Å². The van der Waals surface area contributed by atoms with Crippen molar-refractivity contribution in [2.24, 2.45) is 0 Å². The van der Waals surface area contributed by atoms with Gasteiger partial charge in [0.2, 0.25) is 5.91 Å². The summed E-state index contributed by atoms with van der Waals surface area (Å²) >= 11 is 0. The molecule has 0 radical (unpaired) electrons. The molecule has 0 unspecified atom stereocenters. The van der Waals surface area contributed by atoms with Crippen molar-refractivity contribution in [3.05, 3.63) is 78.4 Å². The van der Waals surface area contributed by atoms with Crippen LogP contribution in [0.25, 0.3) is 6.08 Å². The predicted octanol–water partition coefficient (Wildman–Crippen LogP) is 2.51. The number of rotatable bonds is 6. The summed E-state index contributed by atoms with van der Waals surface area (Å²) in [6.45, 7) is 0. The summed E-state index contributed by atoms with van der Waals surface area (Å²) in [5, 5.41) is 11.8. The first-order valence-electron chi connectivity index (χ1n) is 7.59. The van der Waals surface area contributed by atoms with Gasteiger partial charge in [-0.25, -0.2) is 0 Å². The van der Waals surface area contributed by atoms with E-state index in [1.807, 2.05) is 6.07 Å². The number of benzene rings is 1. The monoisotopic (exact) mass is 336 g/mol. The van der Waals surface area contributed by atoms with Gasteiger partial charge in [0.25, 0.3) is 5.91 Å². The van der Waals surface area contributed by atoms with Crippen LogP contribution in [0.2, 0.25) is 0 Å². The lowest BCUT2D eigenvalue weighted by Gasteiger charge is -2.17. The Balaban J connectivity index is 1.74. The summed E-state index contributed by atoms with van der Waals surface area (Å²) < 4.78 is 5.13. The van der Waals surface area contributed by atoms with Crippen LogP contribution in [0, 0.1) is 0 Å². The topological polar surface area (TPSA) is 100 Å². The maximum atomic E-state index is 12.6. The van der Waals surface area contributed by atoms with Crippen LogP contribution in [0.5, 0.6) is 0 Å². The number of anilines is 1. The molecule has 0 saturated heterocycles. The van der Waals surface area contributed by atoms with E-state index in [4.69, 9.17) is 4.42 Å². The Morgan fingerprint density at radius 2 is 1.96 bits per heavy atom. The maximum absolute atomic E-state index is 12.6. The first-order valence-corrected chi connectivity index (χ1v) is 7.59. The maximum Gasteiger partial charge on any atom is 0.252 e. The minimum Gasteiger partial charge on any atom is -0.465 e. The fourth-order valence-electron chi connectivity index (χ4n) is 2.21. The van der Waals surface area contributed by atoms with Crippen LogP contribution >= 0.6 is 0 Å². The Bertz CT molecular complexity index is 840. The van der Waals surface area contributed by atoms with E-state index in [2.05, 4.69) is 20.8 Å². The third kappa shape index (κ3) is 4.44. The predicted molar refractivity (Wildman–Crippen MR) is 92.3 cm³/mol. The van der Waals surface area contributed by atoms with Crippen molar-refractivity contribution >= 4 is 23.7 Å². The Labute approximate surface area is 143 Å². The van der Waals surface area contributed by atoms with Crippen molar-refractivity contribution in [3.8, 4) is 0 Å². The average Bonchev–Trinajstić information content (AvgIpc) is 3.32. The number of aromatic nitrogens is 2. The second-order valence-corrected chi connectivity index (χ2v) is 5.16. The molecule has 7 nitrogen and oxygen atoms in total. The van der Waals surface area contributed by atoms with Crippen LogP contribution in [0.15, 0.2) is 71.5 Å². The average molecular weight is 336 g/mol. The van der Waals surface area contributed by atoms with Crippen LogP contribution in [0.4, 0.5) is 5.82 Å². The molecule has 1 atom stereocenters. The van der Waals surface area contributed by atoms with E-state index >= 15 is 0 Å². The molecule has 0 bridgehead atoms. The van der Waals surface area contributed by atoms with E-state index in [1.165, 1.54) is 24.6 Å². The van der Waals surface area contributed by atoms with E-state index in [1.54, 1.807) is 42.5 Å². The molecular weight excluding hydrogens is 320 g/mol. The molecule has 2 heterocycles. The highest BCUT2D eigenvalue weighted by molar-refractivity contribution is 6.00. The lowest BCUT2D eigenvalue weighted by atomic mass is 10.1. The van der Waals surface area contributed by atoms with Crippen molar-refractivity contribution in [2.75, 3.05) is 5.32 Å². The summed E-state index contributed by atoms with van der Waals surface area (Å²) in [4.78, 5) is 24.8. The molecule has 0 saturated carbocycles. The third-order valence-corrected chi connectivity index (χ3v) is 3.38. The van der Waals surface area contributed by atoms with Gasteiger partial charge in [0, 0.05) is 12.1 Å². The molecule has 3 N–H and O–H groups in total. The van der Waals surface area contributed by atoms with Crippen molar-refractivity contribution in [1.29, 1.82) is 0 Å². The minimum absolute atomic E-state index is 0.379. The number of amides is 2. The van der Waals surface area contributed by atoms with Gasteiger partial charge in [0.1, 0.15) is 17.6 Å². The molecule has 2 amide bonds. The van der Waals surface area contributed by atoms with Gasteiger partial charge < -0.3 is 15.1 Å². The van der Waals surface area contributed by atoms with Crippen molar-refractivity contribution in [3.63, 3.8) is 0 Å². The van der Waals surface area contributed by atoms with Gasteiger partial charge in [0.05, 0.1) is 12.5 Å². The number of hydrogen-bond donors (Lipinski definition) is 3. The highest BCUT2D eigenvalue weighted by Gasteiger charge is 2.22. The molecule has 25 heavy (non-hydrogen) atoms. The number of nitrogens with zero attached hydrogens (tertiary/aromatic N) is 1. The quantitative estimate of drug-likeness (QED) is 0.602. The first-order chi connectivity index (χ1) is 12.2. The fraction of sp³-hybridized carbons (Fsp3) is 0.0556. The molecule has 3 rings (SSSR count). The van der Waals surface area contributed by atoms with E-state index in [0.717, 1.165) is 0 Å². The fourth-order valence-corrected chi connectivity index (χ4v) is 2.21. The molecule has 0 aliphatic rings. The minimum atomic E-state index is -0.849. The lowest BCUT2D eigenvalue weighted by molar-refractivity contribution is -0.124. The highest BCUT2D eigenvalue weighted by atomic mass is 16.3. The summed E-state index contributed by atoms with van der Waals surface area (Å²) in [6.07, 6.45) is 5.89. The van der Waals surface area contributed by atoms with Gasteiger partial charge in [-0.05, 0) is 23.8 Å². The number of nitrogens with one attached hydrogen (secondary N) is 3. The Kier molecular flexibility index (Phi) is 5.06. The van der Waals surface area contributed by atoms with E-state index in [-0.39, 0.29) is 5.91 Å². The van der Waals surface area contributed by atoms with E-state index in [9.17, 15) is 9.59 Å². The molecule has 3 aromatic rings. The van der Waals surface area contributed by atoms with Crippen molar-refractivity contribution in [1.82, 2.24) is 15.5 Å². The number of carbonyl (C=O) groups excluding carboxylic acids is 2. The highest BCUT2D eigenvalue weighted by Crippen LogP contribution is 2.15. The first kappa shape index (κ1) is 16.3. The van der Waals surface area contributed by atoms with E-state index in [0.29, 0.717) is 17.1 Å². The molecule has 126 valence electrons. The summed E-state index contributed by atoms with van der Waals surface area (Å²) in [6, 6.07) is 13.2. The van der Waals surface area contributed by atoms with Gasteiger partial charge >= 0.3 is 0 Å². The van der Waals surface area contributed by atoms with Gasteiger partial charge in [-0.1, -0.05) is 30.3 Å². The van der Waals surface area contributed by atoms with Gasteiger partial charge in [0.15, 0.2) is 0 Å². The second-order valence-electron chi connectivity index (χ2n) is 5.16. The van der Waals surface area contributed by atoms with Gasteiger partial charge in [-0.3, -0.25) is 14.7 Å². The normalized spacial score (nSPS) is 12.0. The summed E-state index contributed by atoms with van der Waals surface area (Å²) in [5.41, 5.74) is 0.666. The zero-order valence-electron chi connectivity index (χ0n) is 13.2. The zero-order valence-corrected chi connectivity index (χ0v) is 13.2. The molecule has 7 heteroatoms. The number of hydrogen-bond acceptors (Lipinski definition) is 4. The molecule has 0 aliphatic carbocycles. The number of H-pyrrole nitrogens is 1. The van der Waals surface area contributed by atoms with Gasteiger partial charge in [-0.2, -0.15) is 5.10 Å². The van der Waals surface area contributed by atoms with Crippen LogP contribution in [-0.4, -0.2) is 22.0 Å². The Morgan fingerprint density at radius 3 is 2.64 bits per heavy atom. The van der Waals surface area contributed by atoms with Crippen molar-refractivity contribution < 1.29 is 14.0 Å². The molecule has 0 fully saturated rings. The van der Waals surface area contributed by atoms with Crippen LogP contribution in [0.3, 0.4) is 0 Å². The van der Waals surface area contributed by atoms with Crippen molar-refractivity contribution in [2.45, 2.75) is 6.04 Å². The largest absolute Gasteiger partial charge is 0.465 e. The number of aromatic amines is 1. The van der Waals surface area contributed by atoms with Crippen LogP contribution in [0.1, 0.15) is 17.4 Å². The molecule has 1 aromatic carbocycles. The van der Waals surface area contributed by atoms with Crippen LogP contribution < -0.4 is 10.6 Å². The summed E-state index contributed by atoms with van der Waals surface area (Å²) in [5.74, 6) is 0.208. The Hall–Kier alpha value is -3.61. The number of furan rings is 1. The standard InChI is InChI=1S/C18H16N4O3/c23-16(9-8-14-7-4-12-25-14)21-17(13-5-2-1-3-6-13)18(24)20-15-10-11-19-22-15/h1-12,17H,(H,21,23)(H2,19,20,22,24)/b9-8+/t17-/m0/s1. The third-order valence-electron chi connectivity index (χ3n) is 3.38. The smallest absolute Gasteiger partial charge is 0.252 e. The molecular formula is C18H16N4O3. The second kappa shape index (κ2) is 7.78. The molecule has 2 aromatic heterocycles.